The van der Waals surface area contributed by atoms with Gasteiger partial charge in [0.25, 0.3) is 0 Å². The summed E-state index contributed by atoms with van der Waals surface area (Å²) < 4.78 is 47.5. The van der Waals surface area contributed by atoms with Crippen LogP contribution in [0.5, 0.6) is 0 Å². The lowest BCUT2D eigenvalue weighted by Gasteiger charge is -2.18. The monoisotopic (exact) mass is 740 g/mol. The molecule has 270 valence electrons. The van der Waals surface area contributed by atoms with Crippen molar-refractivity contribution < 1.29 is 17.6 Å². The average molecular weight is 741 g/mol. The van der Waals surface area contributed by atoms with E-state index in [0.717, 1.165) is 87.6 Å². The van der Waals surface area contributed by atoms with Crippen LogP contribution in [0.2, 0.25) is 0 Å². The number of rotatable bonds is 4. The van der Waals surface area contributed by atoms with Crippen molar-refractivity contribution in [1.29, 1.82) is 0 Å². The molecule has 0 N–H and O–H groups in total. The van der Waals surface area contributed by atoms with Crippen LogP contribution in [0, 0.1) is 0 Å². The molecule has 0 saturated carbocycles. The Morgan fingerprint density at radius 3 is 1.21 bits per heavy atom. The second-order valence-electron chi connectivity index (χ2n) is 14.6. The third kappa shape index (κ3) is 5.18. The van der Waals surface area contributed by atoms with E-state index in [-0.39, 0.29) is 0 Å². The molecule has 11 aromatic rings. The van der Waals surface area contributed by atoms with E-state index in [4.69, 9.17) is 4.42 Å². The molecule has 0 spiro atoms. The van der Waals surface area contributed by atoms with E-state index in [1.165, 1.54) is 34.0 Å². The second kappa shape index (κ2) is 12.7. The number of halogens is 3. The third-order valence-electron chi connectivity index (χ3n) is 11.5. The second-order valence-corrected chi connectivity index (χ2v) is 14.6. The van der Waals surface area contributed by atoms with E-state index in [0.29, 0.717) is 0 Å². The van der Waals surface area contributed by atoms with Gasteiger partial charge in [0.15, 0.2) is 0 Å². The van der Waals surface area contributed by atoms with Crippen LogP contribution in [0.3, 0.4) is 0 Å². The number of furan rings is 1. The maximum absolute atomic E-state index is 13.6. The highest BCUT2D eigenvalue weighted by Crippen LogP contribution is 2.48. The predicted octanol–water partition coefficient (Wildman–Crippen LogP) is 15.9. The molecule has 0 aliphatic carbocycles. The largest absolute Gasteiger partial charge is 0.455 e. The molecular formula is C53H31F3O. The first-order valence-electron chi connectivity index (χ1n) is 19.0. The van der Waals surface area contributed by atoms with Crippen LogP contribution in [0.15, 0.2) is 192 Å². The van der Waals surface area contributed by atoms with Crippen molar-refractivity contribution in [1.82, 2.24) is 0 Å². The fourth-order valence-corrected chi connectivity index (χ4v) is 9.06. The Morgan fingerprint density at radius 2 is 0.719 bits per heavy atom. The van der Waals surface area contributed by atoms with Crippen molar-refractivity contribution in [2.45, 2.75) is 6.18 Å². The predicted molar refractivity (Wildman–Crippen MR) is 230 cm³/mol. The highest BCUT2D eigenvalue weighted by molar-refractivity contribution is 6.25. The minimum atomic E-state index is -4.41. The number of hydrogen-bond acceptors (Lipinski definition) is 1. The number of benzene rings is 10. The summed E-state index contributed by atoms with van der Waals surface area (Å²) in [6, 6.07) is 62.6. The molecule has 0 radical (unpaired) electrons. The molecule has 0 unspecified atom stereocenters. The first-order chi connectivity index (χ1) is 27.9. The Morgan fingerprint density at radius 1 is 0.316 bits per heavy atom. The lowest BCUT2D eigenvalue weighted by Crippen LogP contribution is -2.04. The average Bonchev–Trinajstić information content (AvgIpc) is 3.63. The van der Waals surface area contributed by atoms with Gasteiger partial charge in [-0.15, -0.1) is 0 Å². The molecule has 0 bridgehead atoms. The van der Waals surface area contributed by atoms with Crippen LogP contribution in [0.1, 0.15) is 5.56 Å². The molecule has 11 rings (SSSR count). The number of alkyl halides is 3. The van der Waals surface area contributed by atoms with Gasteiger partial charge in [0.05, 0.1) is 5.56 Å². The zero-order chi connectivity index (χ0) is 38.3. The minimum absolute atomic E-state index is 0.661. The van der Waals surface area contributed by atoms with Gasteiger partial charge in [-0.2, -0.15) is 13.2 Å². The van der Waals surface area contributed by atoms with Crippen LogP contribution in [0.4, 0.5) is 13.2 Å². The molecule has 10 aromatic carbocycles. The first-order valence-corrected chi connectivity index (χ1v) is 19.0. The summed E-state index contributed by atoms with van der Waals surface area (Å²) in [7, 11) is 0. The Hall–Kier alpha value is -7.17. The van der Waals surface area contributed by atoms with Crippen LogP contribution < -0.4 is 0 Å². The van der Waals surface area contributed by atoms with Crippen molar-refractivity contribution in [2.75, 3.05) is 0 Å². The molecule has 0 aliphatic heterocycles. The standard InChI is InChI=1S/C53H31F3O/c54-53(55,56)35-28-25-33(26-29-35)49-36-15-4-6-17-38(36)50(39-18-7-5-16-37(39)49)34-27-30-47-46(31-34)44-23-12-24-45(52(44)57-47)51-42-21-10-8-19-40(42)48(32-13-2-1-3-14-32)41-20-9-11-22-43(41)51/h1-31H. The molecule has 0 atom stereocenters. The number of fused-ring (bicyclic) bond motifs is 7. The van der Waals surface area contributed by atoms with Crippen molar-refractivity contribution in [2.24, 2.45) is 0 Å². The summed E-state index contributed by atoms with van der Waals surface area (Å²) >= 11 is 0. The van der Waals surface area contributed by atoms with Gasteiger partial charge in [0.1, 0.15) is 11.2 Å². The van der Waals surface area contributed by atoms with Gasteiger partial charge in [-0.1, -0.05) is 164 Å². The van der Waals surface area contributed by atoms with Gasteiger partial charge < -0.3 is 4.42 Å². The molecule has 0 fully saturated rings. The van der Waals surface area contributed by atoms with Crippen molar-refractivity contribution in [3.8, 4) is 44.5 Å². The van der Waals surface area contributed by atoms with E-state index in [1.54, 1.807) is 12.1 Å². The molecule has 57 heavy (non-hydrogen) atoms. The highest BCUT2D eigenvalue weighted by Gasteiger charge is 2.30. The molecule has 0 saturated heterocycles. The lowest BCUT2D eigenvalue weighted by atomic mass is 9.85. The lowest BCUT2D eigenvalue weighted by molar-refractivity contribution is -0.137. The summed E-state index contributed by atoms with van der Waals surface area (Å²) in [6.45, 7) is 0. The van der Waals surface area contributed by atoms with E-state index < -0.39 is 11.7 Å². The van der Waals surface area contributed by atoms with Gasteiger partial charge in [-0.25, -0.2) is 0 Å². The molecular weight excluding hydrogens is 710 g/mol. The Labute approximate surface area is 325 Å². The Balaban J connectivity index is 1.15. The summed E-state index contributed by atoms with van der Waals surface area (Å²) in [6.07, 6.45) is -4.41. The quantitative estimate of drug-likeness (QED) is 0.164. The van der Waals surface area contributed by atoms with Crippen LogP contribution in [-0.4, -0.2) is 0 Å². The summed E-state index contributed by atoms with van der Waals surface area (Å²) in [5.74, 6) is 0. The molecule has 0 aliphatic rings. The number of para-hydroxylation sites is 1. The van der Waals surface area contributed by atoms with Crippen molar-refractivity contribution in [3.05, 3.63) is 194 Å². The van der Waals surface area contributed by atoms with Crippen LogP contribution in [0.25, 0.3) is 110 Å². The third-order valence-corrected chi connectivity index (χ3v) is 11.5. The fourth-order valence-electron chi connectivity index (χ4n) is 9.06. The maximum Gasteiger partial charge on any atom is 0.416 e. The SMILES string of the molecule is FC(F)(F)c1ccc(-c2c3ccccc3c(-c3ccc4oc5c(-c6c7ccccc7c(-c7ccccc7)c7ccccc67)cccc5c4c3)c3ccccc23)cc1. The first kappa shape index (κ1) is 33.2. The Kier molecular flexibility index (Phi) is 7.39. The van der Waals surface area contributed by atoms with Crippen LogP contribution in [-0.2, 0) is 6.18 Å². The van der Waals surface area contributed by atoms with E-state index >= 15 is 0 Å². The van der Waals surface area contributed by atoms with E-state index in [2.05, 4.69) is 140 Å². The number of hydrogen-bond donors (Lipinski definition) is 0. The van der Waals surface area contributed by atoms with Gasteiger partial charge >= 0.3 is 6.18 Å². The summed E-state index contributed by atoms with van der Waals surface area (Å²) in [5.41, 5.74) is 9.29. The molecule has 4 heteroatoms. The van der Waals surface area contributed by atoms with Crippen LogP contribution >= 0.6 is 0 Å². The zero-order valence-corrected chi connectivity index (χ0v) is 30.4. The van der Waals surface area contributed by atoms with Crippen molar-refractivity contribution in [3.63, 3.8) is 0 Å². The van der Waals surface area contributed by atoms with Crippen molar-refractivity contribution >= 4 is 65.0 Å². The minimum Gasteiger partial charge on any atom is -0.455 e. The topological polar surface area (TPSA) is 13.1 Å². The molecule has 1 heterocycles. The highest BCUT2D eigenvalue weighted by atomic mass is 19.4. The molecule has 1 aromatic heterocycles. The molecule has 1 nitrogen and oxygen atoms in total. The van der Waals surface area contributed by atoms with Gasteiger partial charge in [-0.3, -0.25) is 0 Å². The zero-order valence-electron chi connectivity index (χ0n) is 30.4. The smallest absolute Gasteiger partial charge is 0.416 e. The normalized spacial score (nSPS) is 12.1. The maximum atomic E-state index is 13.6. The summed E-state index contributed by atoms with van der Waals surface area (Å²) in [4.78, 5) is 0. The van der Waals surface area contributed by atoms with Gasteiger partial charge in [0.2, 0.25) is 0 Å². The van der Waals surface area contributed by atoms with Gasteiger partial charge in [-0.05, 0) is 101 Å². The van der Waals surface area contributed by atoms with E-state index in [1.807, 2.05) is 24.3 Å². The summed E-state index contributed by atoms with van der Waals surface area (Å²) in [5, 5.41) is 10.7. The Bertz CT molecular complexity index is 3260. The fraction of sp³-hybridized carbons (Fsp3) is 0.0189. The molecule has 0 amide bonds. The van der Waals surface area contributed by atoms with Gasteiger partial charge in [0, 0.05) is 21.9 Å². The van der Waals surface area contributed by atoms with E-state index in [9.17, 15) is 13.2 Å².